The molecule has 1 amide bonds. The lowest BCUT2D eigenvalue weighted by atomic mass is 10.3. The van der Waals surface area contributed by atoms with Crippen LogP contribution in [0.1, 0.15) is 6.42 Å². The number of ether oxygens (including phenoxy) is 1. The number of aliphatic imine (C=N–C) groups is 1. The van der Waals surface area contributed by atoms with Gasteiger partial charge in [0.1, 0.15) is 6.54 Å². The van der Waals surface area contributed by atoms with E-state index in [0.717, 1.165) is 78.0 Å². The molecule has 170 valence electrons. The second kappa shape index (κ2) is 13.3. The van der Waals surface area contributed by atoms with Gasteiger partial charge in [-0.1, -0.05) is 0 Å². The minimum Gasteiger partial charge on any atom is -0.379 e. The highest BCUT2D eigenvalue weighted by molar-refractivity contribution is 14.0. The van der Waals surface area contributed by atoms with Crippen LogP contribution in [0.4, 0.5) is 5.00 Å². The molecule has 0 saturated carbocycles. The van der Waals surface area contributed by atoms with E-state index >= 15 is 0 Å². The number of carbonyl (C=O) groups excluding carboxylic acids is 1. The first kappa shape index (κ1) is 25.2. The fraction of sp³-hybridized carbons (Fsp3) is 0.700. The summed E-state index contributed by atoms with van der Waals surface area (Å²) in [5, 5.41) is 6.95. The second-order valence-corrected chi connectivity index (χ2v) is 8.51. The lowest BCUT2D eigenvalue weighted by molar-refractivity contribution is -0.127. The van der Waals surface area contributed by atoms with Gasteiger partial charge in [-0.25, -0.2) is 4.99 Å². The topological polar surface area (TPSA) is 63.7 Å². The first-order valence-corrected chi connectivity index (χ1v) is 11.3. The maximum absolute atomic E-state index is 12.0. The number of rotatable bonds is 7. The summed E-state index contributed by atoms with van der Waals surface area (Å²) < 4.78 is 5.41. The van der Waals surface area contributed by atoms with E-state index in [1.807, 2.05) is 0 Å². The van der Waals surface area contributed by atoms with Crippen LogP contribution in [0.3, 0.4) is 0 Å². The van der Waals surface area contributed by atoms with Gasteiger partial charge in [0, 0.05) is 59.9 Å². The zero-order valence-corrected chi connectivity index (χ0v) is 21.2. The van der Waals surface area contributed by atoms with Crippen molar-refractivity contribution in [3.63, 3.8) is 0 Å². The van der Waals surface area contributed by atoms with Gasteiger partial charge in [0.2, 0.25) is 5.91 Å². The summed E-state index contributed by atoms with van der Waals surface area (Å²) in [6.07, 6.45) is 1.05. The average molecular weight is 551 g/mol. The largest absolute Gasteiger partial charge is 0.379 e. The molecule has 0 bridgehead atoms. The molecule has 3 heterocycles. The van der Waals surface area contributed by atoms with Crippen LogP contribution in [0.2, 0.25) is 0 Å². The van der Waals surface area contributed by atoms with E-state index in [1.54, 1.807) is 30.3 Å². The summed E-state index contributed by atoms with van der Waals surface area (Å²) in [7, 11) is 3.54. The number of guanidine groups is 1. The Kier molecular flexibility index (Phi) is 11.2. The summed E-state index contributed by atoms with van der Waals surface area (Å²) in [6, 6.07) is 4.27. The molecule has 2 fully saturated rings. The minimum atomic E-state index is 0. The minimum absolute atomic E-state index is 0. The zero-order valence-electron chi connectivity index (χ0n) is 18.1. The highest BCUT2D eigenvalue weighted by Crippen LogP contribution is 2.22. The van der Waals surface area contributed by atoms with E-state index < -0.39 is 0 Å². The highest BCUT2D eigenvalue weighted by atomic mass is 127. The Morgan fingerprint density at radius 2 is 1.93 bits per heavy atom. The van der Waals surface area contributed by atoms with E-state index in [4.69, 9.17) is 4.74 Å². The number of morpholine rings is 1. The van der Waals surface area contributed by atoms with Gasteiger partial charge in [0.25, 0.3) is 0 Å². The van der Waals surface area contributed by atoms with Crippen LogP contribution in [0.15, 0.2) is 22.5 Å². The lowest BCUT2D eigenvalue weighted by Gasteiger charge is -2.37. The number of likely N-dealkylation sites (N-methyl/N-ethyl adjacent to an activating group) is 1. The Balaban J connectivity index is 0.00000320. The molecular formula is C20H35IN6O2S. The van der Waals surface area contributed by atoms with Crippen LogP contribution >= 0.6 is 35.3 Å². The van der Waals surface area contributed by atoms with Crippen molar-refractivity contribution in [2.24, 2.45) is 4.99 Å². The van der Waals surface area contributed by atoms with E-state index in [2.05, 4.69) is 42.5 Å². The molecule has 0 aliphatic carbocycles. The summed E-state index contributed by atoms with van der Waals surface area (Å²) >= 11 is 1.78. The van der Waals surface area contributed by atoms with Crippen molar-refractivity contribution in [1.29, 1.82) is 0 Å². The van der Waals surface area contributed by atoms with Gasteiger partial charge in [-0.2, -0.15) is 0 Å². The van der Waals surface area contributed by atoms with Crippen molar-refractivity contribution in [1.82, 2.24) is 20.0 Å². The number of carbonyl (C=O) groups is 1. The van der Waals surface area contributed by atoms with Gasteiger partial charge in [0.05, 0.1) is 18.2 Å². The number of nitrogens with one attached hydrogen (secondary N) is 1. The van der Waals surface area contributed by atoms with Gasteiger partial charge in [-0.3, -0.25) is 9.69 Å². The van der Waals surface area contributed by atoms with Crippen molar-refractivity contribution >= 4 is 52.2 Å². The maximum Gasteiger partial charge on any atom is 0.243 e. The number of hydrogen-bond acceptors (Lipinski definition) is 6. The third kappa shape index (κ3) is 7.86. The van der Waals surface area contributed by atoms with Gasteiger partial charge >= 0.3 is 0 Å². The van der Waals surface area contributed by atoms with Crippen molar-refractivity contribution in [2.45, 2.75) is 6.42 Å². The summed E-state index contributed by atoms with van der Waals surface area (Å²) in [5.74, 6) is 0.878. The standard InChI is InChI=1S/C20H34N6O2S.HI/c1-23(2)18(27)17-22-20(21-6-4-7-24-12-14-28-15-13-24)26-10-8-25(9-11-26)19-5-3-16-29-19;/h3,5,16H,4,6-15,17H2,1-2H3,(H,21,22);1H. The normalized spacial score (nSPS) is 18.1. The lowest BCUT2D eigenvalue weighted by Crippen LogP contribution is -2.53. The monoisotopic (exact) mass is 550 g/mol. The molecular weight excluding hydrogens is 515 g/mol. The first-order valence-electron chi connectivity index (χ1n) is 10.5. The van der Waals surface area contributed by atoms with Crippen molar-refractivity contribution in [3.8, 4) is 0 Å². The molecule has 3 rings (SSSR count). The molecule has 0 atom stereocenters. The van der Waals surface area contributed by atoms with E-state index in [0.29, 0.717) is 0 Å². The molecule has 0 unspecified atom stereocenters. The van der Waals surface area contributed by atoms with Gasteiger partial charge < -0.3 is 24.8 Å². The fourth-order valence-electron chi connectivity index (χ4n) is 3.47. The summed E-state index contributed by atoms with van der Waals surface area (Å²) in [6.45, 7) is 9.56. The number of thiophene rings is 1. The Hall–Kier alpha value is -1.11. The Labute approximate surface area is 201 Å². The van der Waals surface area contributed by atoms with Crippen LogP contribution < -0.4 is 10.2 Å². The number of piperazine rings is 1. The van der Waals surface area contributed by atoms with Crippen LogP contribution in [0.25, 0.3) is 0 Å². The number of nitrogens with zero attached hydrogens (tertiary/aromatic N) is 5. The molecule has 0 spiro atoms. The van der Waals surface area contributed by atoms with Gasteiger partial charge in [0.15, 0.2) is 5.96 Å². The van der Waals surface area contributed by atoms with E-state index in [1.165, 1.54) is 5.00 Å². The summed E-state index contributed by atoms with van der Waals surface area (Å²) in [4.78, 5) is 25.4. The van der Waals surface area contributed by atoms with Crippen molar-refractivity contribution in [2.75, 3.05) is 91.1 Å². The van der Waals surface area contributed by atoms with E-state index in [9.17, 15) is 4.79 Å². The van der Waals surface area contributed by atoms with Gasteiger partial charge in [-0.15, -0.1) is 35.3 Å². The quantitative estimate of drug-likeness (QED) is 0.239. The first-order chi connectivity index (χ1) is 14.1. The highest BCUT2D eigenvalue weighted by Gasteiger charge is 2.21. The van der Waals surface area contributed by atoms with Crippen LogP contribution in [0, 0.1) is 0 Å². The molecule has 2 saturated heterocycles. The SMILES string of the molecule is CN(C)C(=O)CN=C(NCCCN1CCOCC1)N1CCN(c2cccs2)CC1.I. The van der Waals surface area contributed by atoms with Crippen molar-refractivity contribution in [3.05, 3.63) is 17.5 Å². The Morgan fingerprint density at radius 1 is 1.20 bits per heavy atom. The number of hydrogen-bond donors (Lipinski definition) is 1. The molecule has 2 aliphatic rings. The molecule has 0 radical (unpaired) electrons. The molecule has 0 aromatic carbocycles. The second-order valence-electron chi connectivity index (χ2n) is 7.59. The predicted molar refractivity (Wildman–Crippen MR) is 134 cm³/mol. The molecule has 8 nitrogen and oxygen atoms in total. The fourth-order valence-corrected chi connectivity index (χ4v) is 4.25. The molecule has 1 aromatic rings. The predicted octanol–water partition coefficient (Wildman–Crippen LogP) is 1.24. The molecule has 30 heavy (non-hydrogen) atoms. The average Bonchev–Trinajstić information content (AvgIpc) is 3.29. The molecule has 1 N–H and O–H groups in total. The Bertz CT molecular complexity index is 644. The third-order valence-corrected chi connectivity index (χ3v) is 6.23. The Morgan fingerprint density at radius 3 is 2.57 bits per heavy atom. The maximum atomic E-state index is 12.0. The van der Waals surface area contributed by atoms with Crippen LogP contribution in [-0.2, 0) is 9.53 Å². The number of amides is 1. The number of anilines is 1. The number of halogens is 1. The van der Waals surface area contributed by atoms with E-state index in [-0.39, 0.29) is 36.4 Å². The third-order valence-electron chi connectivity index (χ3n) is 5.30. The summed E-state index contributed by atoms with van der Waals surface area (Å²) in [5.41, 5.74) is 0. The smallest absolute Gasteiger partial charge is 0.243 e. The van der Waals surface area contributed by atoms with Crippen molar-refractivity contribution < 1.29 is 9.53 Å². The van der Waals surface area contributed by atoms with Crippen LogP contribution in [-0.4, -0.2) is 113 Å². The molecule has 10 heteroatoms. The molecule has 1 aromatic heterocycles. The van der Waals surface area contributed by atoms with Gasteiger partial charge in [-0.05, 0) is 30.5 Å². The van der Waals surface area contributed by atoms with Crippen LogP contribution in [0.5, 0.6) is 0 Å². The molecule has 2 aliphatic heterocycles. The zero-order chi connectivity index (χ0) is 20.5.